The molecule has 1 aromatic carbocycles. The van der Waals surface area contributed by atoms with Crippen molar-refractivity contribution in [2.45, 2.75) is 32.2 Å². The lowest BCUT2D eigenvalue weighted by atomic mass is 10.1. The molecule has 0 bridgehead atoms. The van der Waals surface area contributed by atoms with Crippen LogP contribution in [0.1, 0.15) is 38.0 Å². The van der Waals surface area contributed by atoms with Gasteiger partial charge in [0.15, 0.2) is 11.4 Å². The zero-order chi connectivity index (χ0) is 12.3. The smallest absolute Gasteiger partial charge is 0.169 e. The zero-order valence-corrected chi connectivity index (χ0v) is 10.3. The summed E-state index contributed by atoms with van der Waals surface area (Å²) in [6.45, 7) is 2.16. The fourth-order valence-electron chi connectivity index (χ4n) is 2.06. The van der Waals surface area contributed by atoms with Crippen LogP contribution in [0.15, 0.2) is 28.7 Å². The maximum absolute atomic E-state index is 13.5. The Morgan fingerprint density at radius 1 is 1.41 bits per heavy atom. The number of para-hydroxylation sites is 1. The number of benzene rings is 1. The Morgan fingerprint density at radius 3 is 2.88 bits per heavy atom. The van der Waals surface area contributed by atoms with Gasteiger partial charge in [-0.2, -0.15) is 0 Å². The van der Waals surface area contributed by atoms with E-state index in [4.69, 9.17) is 4.42 Å². The average Bonchev–Trinajstić information content (AvgIpc) is 2.75. The van der Waals surface area contributed by atoms with Crippen LogP contribution in [0.4, 0.5) is 4.39 Å². The SMILES string of the molecule is CCCCC(NC)c1cc2cccc(F)c2o1. The molecule has 0 aliphatic rings. The Labute approximate surface area is 101 Å². The lowest BCUT2D eigenvalue weighted by Gasteiger charge is -2.12. The van der Waals surface area contributed by atoms with E-state index in [0.717, 1.165) is 30.4 Å². The molecule has 1 unspecified atom stereocenters. The Morgan fingerprint density at radius 2 is 2.24 bits per heavy atom. The molecule has 0 aliphatic carbocycles. The van der Waals surface area contributed by atoms with Crippen molar-refractivity contribution in [1.82, 2.24) is 5.32 Å². The van der Waals surface area contributed by atoms with Gasteiger partial charge in [0.1, 0.15) is 5.76 Å². The summed E-state index contributed by atoms with van der Waals surface area (Å²) in [6, 6.07) is 7.10. The molecule has 0 saturated heterocycles. The highest BCUT2D eigenvalue weighted by atomic mass is 19.1. The van der Waals surface area contributed by atoms with Gasteiger partial charge in [0.05, 0.1) is 6.04 Å². The molecule has 0 saturated carbocycles. The lowest BCUT2D eigenvalue weighted by Crippen LogP contribution is -2.15. The fraction of sp³-hybridized carbons (Fsp3) is 0.429. The Hall–Kier alpha value is -1.35. The van der Waals surface area contributed by atoms with E-state index in [1.807, 2.05) is 19.2 Å². The summed E-state index contributed by atoms with van der Waals surface area (Å²) in [5.41, 5.74) is 0.360. The third kappa shape index (κ3) is 2.50. The quantitative estimate of drug-likeness (QED) is 0.846. The predicted molar refractivity (Wildman–Crippen MR) is 67.5 cm³/mol. The molecule has 0 spiro atoms. The first-order valence-electron chi connectivity index (χ1n) is 6.11. The standard InChI is InChI=1S/C14H18FNO/c1-3-4-8-12(16-2)13-9-10-6-5-7-11(15)14(10)17-13/h5-7,9,12,16H,3-4,8H2,1-2H3. The van der Waals surface area contributed by atoms with Gasteiger partial charge >= 0.3 is 0 Å². The van der Waals surface area contributed by atoms with E-state index >= 15 is 0 Å². The van der Waals surface area contributed by atoms with Gasteiger partial charge in [-0.3, -0.25) is 0 Å². The number of hydrogen-bond donors (Lipinski definition) is 1. The Balaban J connectivity index is 2.31. The van der Waals surface area contributed by atoms with Crippen LogP contribution < -0.4 is 5.32 Å². The average molecular weight is 235 g/mol. The van der Waals surface area contributed by atoms with Crippen molar-refractivity contribution >= 4 is 11.0 Å². The third-order valence-electron chi connectivity index (χ3n) is 3.05. The molecule has 1 heterocycles. The van der Waals surface area contributed by atoms with Gasteiger partial charge in [0.25, 0.3) is 0 Å². The molecule has 2 rings (SSSR count). The predicted octanol–water partition coefficient (Wildman–Crippen LogP) is 4.02. The number of furan rings is 1. The molecular weight excluding hydrogens is 217 g/mol. The van der Waals surface area contributed by atoms with E-state index in [2.05, 4.69) is 12.2 Å². The maximum Gasteiger partial charge on any atom is 0.169 e. The van der Waals surface area contributed by atoms with E-state index in [0.29, 0.717) is 5.58 Å². The second-order valence-corrected chi connectivity index (χ2v) is 4.29. The lowest BCUT2D eigenvalue weighted by molar-refractivity contribution is 0.417. The second-order valence-electron chi connectivity index (χ2n) is 4.29. The Kier molecular flexibility index (Phi) is 3.79. The van der Waals surface area contributed by atoms with Gasteiger partial charge in [-0.1, -0.05) is 31.9 Å². The minimum Gasteiger partial charge on any atom is -0.456 e. The van der Waals surface area contributed by atoms with Crippen molar-refractivity contribution in [3.63, 3.8) is 0 Å². The fourth-order valence-corrected chi connectivity index (χ4v) is 2.06. The first-order chi connectivity index (χ1) is 8.26. The largest absolute Gasteiger partial charge is 0.456 e. The van der Waals surface area contributed by atoms with Crippen molar-refractivity contribution in [1.29, 1.82) is 0 Å². The summed E-state index contributed by atoms with van der Waals surface area (Å²) in [5, 5.41) is 4.05. The molecule has 0 radical (unpaired) electrons. The highest BCUT2D eigenvalue weighted by Gasteiger charge is 2.15. The molecule has 0 aliphatic heterocycles. The van der Waals surface area contributed by atoms with Gasteiger partial charge < -0.3 is 9.73 Å². The van der Waals surface area contributed by atoms with Crippen LogP contribution in [0.25, 0.3) is 11.0 Å². The van der Waals surface area contributed by atoms with Crippen LogP contribution in [-0.4, -0.2) is 7.05 Å². The van der Waals surface area contributed by atoms with Crippen molar-refractivity contribution in [2.24, 2.45) is 0 Å². The highest BCUT2D eigenvalue weighted by Crippen LogP contribution is 2.28. The summed E-state index contributed by atoms with van der Waals surface area (Å²) < 4.78 is 19.1. The van der Waals surface area contributed by atoms with Crippen LogP contribution in [0.2, 0.25) is 0 Å². The van der Waals surface area contributed by atoms with E-state index < -0.39 is 0 Å². The van der Waals surface area contributed by atoms with Crippen LogP contribution in [-0.2, 0) is 0 Å². The first kappa shape index (κ1) is 12.1. The molecule has 0 amide bonds. The minimum atomic E-state index is -0.293. The molecule has 2 nitrogen and oxygen atoms in total. The number of halogens is 1. The summed E-state index contributed by atoms with van der Waals surface area (Å²) in [6.07, 6.45) is 3.28. The highest BCUT2D eigenvalue weighted by molar-refractivity contribution is 5.78. The van der Waals surface area contributed by atoms with Gasteiger partial charge in [-0.25, -0.2) is 4.39 Å². The van der Waals surface area contributed by atoms with Crippen molar-refractivity contribution < 1.29 is 8.81 Å². The third-order valence-corrected chi connectivity index (χ3v) is 3.05. The normalized spacial score (nSPS) is 13.1. The molecule has 92 valence electrons. The summed E-state index contributed by atoms with van der Waals surface area (Å²) in [5.74, 6) is 0.528. The first-order valence-corrected chi connectivity index (χ1v) is 6.11. The monoisotopic (exact) mass is 235 g/mol. The molecule has 17 heavy (non-hydrogen) atoms. The summed E-state index contributed by atoms with van der Waals surface area (Å²) in [7, 11) is 1.91. The Bertz CT molecular complexity index is 492. The van der Waals surface area contributed by atoms with E-state index in [1.54, 1.807) is 6.07 Å². The summed E-state index contributed by atoms with van der Waals surface area (Å²) >= 11 is 0. The van der Waals surface area contributed by atoms with Gasteiger partial charge in [0, 0.05) is 5.39 Å². The molecule has 0 fully saturated rings. The van der Waals surface area contributed by atoms with Crippen molar-refractivity contribution in [3.05, 3.63) is 35.8 Å². The molecule has 1 aromatic heterocycles. The molecular formula is C14H18FNO. The van der Waals surface area contributed by atoms with E-state index in [9.17, 15) is 4.39 Å². The van der Waals surface area contributed by atoms with Crippen molar-refractivity contribution in [2.75, 3.05) is 7.05 Å². The van der Waals surface area contributed by atoms with Crippen LogP contribution in [0, 0.1) is 5.82 Å². The molecule has 3 heteroatoms. The van der Waals surface area contributed by atoms with Crippen LogP contribution in [0.3, 0.4) is 0 Å². The molecule has 1 N–H and O–H groups in total. The van der Waals surface area contributed by atoms with Crippen molar-refractivity contribution in [3.8, 4) is 0 Å². The molecule has 1 atom stereocenters. The number of fused-ring (bicyclic) bond motifs is 1. The van der Waals surface area contributed by atoms with Gasteiger partial charge in [-0.05, 0) is 25.6 Å². The number of unbranched alkanes of at least 4 members (excludes halogenated alkanes) is 1. The zero-order valence-electron chi connectivity index (χ0n) is 10.3. The van der Waals surface area contributed by atoms with E-state index in [1.165, 1.54) is 6.07 Å². The molecule has 2 aromatic rings. The second kappa shape index (κ2) is 5.32. The summed E-state index contributed by atoms with van der Waals surface area (Å²) in [4.78, 5) is 0. The minimum absolute atomic E-state index is 0.168. The number of rotatable bonds is 5. The van der Waals surface area contributed by atoms with Crippen LogP contribution >= 0.6 is 0 Å². The van der Waals surface area contributed by atoms with Gasteiger partial charge in [-0.15, -0.1) is 0 Å². The number of nitrogens with one attached hydrogen (secondary N) is 1. The topological polar surface area (TPSA) is 25.2 Å². The van der Waals surface area contributed by atoms with Crippen LogP contribution in [0.5, 0.6) is 0 Å². The number of hydrogen-bond acceptors (Lipinski definition) is 2. The van der Waals surface area contributed by atoms with E-state index in [-0.39, 0.29) is 11.9 Å². The maximum atomic E-state index is 13.5. The van der Waals surface area contributed by atoms with Gasteiger partial charge in [0.2, 0.25) is 0 Å².